The van der Waals surface area contributed by atoms with E-state index in [4.69, 9.17) is 9.84 Å². The van der Waals surface area contributed by atoms with E-state index in [-0.39, 0.29) is 5.91 Å². The molecule has 1 fully saturated rings. The number of carbonyl (C=O) groups excluding carboxylic acids is 1. The topological polar surface area (TPSA) is 75.6 Å². The van der Waals surface area contributed by atoms with Crippen LogP contribution in [0.1, 0.15) is 31.7 Å². The summed E-state index contributed by atoms with van der Waals surface area (Å²) >= 11 is 0. The van der Waals surface area contributed by atoms with Crippen LogP contribution in [0.3, 0.4) is 0 Å². The minimum atomic E-state index is -0.981. The van der Waals surface area contributed by atoms with E-state index in [9.17, 15) is 9.59 Å². The third kappa shape index (κ3) is 5.19. The quantitative estimate of drug-likeness (QED) is 0.767. The van der Waals surface area contributed by atoms with Gasteiger partial charge in [-0.3, -0.25) is 4.79 Å². The van der Waals surface area contributed by atoms with Crippen LogP contribution in [0.4, 0.5) is 0 Å². The summed E-state index contributed by atoms with van der Waals surface area (Å²) in [6.07, 6.45) is 1.94. The van der Waals surface area contributed by atoms with Gasteiger partial charge in [0.15, 0.2) is 0 Å². The van der Waals surface area contributed by atoms with Crippen LogP contribution >= 0.6 is 0 Å². The van der Waals surface area contributed by atoms with Crippen molar-refractivity contribution in [3.63, 3.8) is 0 Å². The number of hydrogen-bond donors (Lipinski definition) is 2. The molecule has 0 radical (unpaired) electrons. The van der Waals surface area contributed by atoms with Crippen molar-refractivity contribution >= 4 is 11.9 Å². The Morgan fingerprint density at radius 3 is 2.57 bits per heavy atom. The summed E-state index contributed by atoms with van der Waals surface area (Å²) < 4.78 is 5.49. The first-order valence-electron chi connectivity index (χ1n) is 7.25. The molecular formula is C16H21NO4. The van der Waals surface area contributed by atoms with Crippen molar-refractivity contribution < 1.29 is 19.4 Å². The lowest BCUT2D eigenvalue weighted by molar-refractivity contribution is -0.144. The van der Waals surface area contributed by atoms with Crippen molar-refractivity contribution in [1.82, 2.24) is 5.32 Å². The summed E-state index contributed by atoms with van der Waals surface area (Å²) in [6, 6.07) is 8.73. The van der Waals surface area contributed by atoms with Gasteiger partial charge in [-0.1, -0.05) is 43.2 Å². The van der Waals surface area contributed by atoms with Gasteiger partial charge in [0.2, 0.25) is 5.91 Å². The van der Waals surface area contributed by atoms with Crippen molar-refractivity contribution in [3.8, 4) is 0 Å². The fourth-order valence-corrected chi connectivity index (χ4v) is 2.07. The molecule has 0 aromatic heterocycles. The Hall–Kier alpha value is -1.88. The number of rotatable bonds is 8. The Balaban J connectivity index is 1.79. The second-order valence-electron chi connectivity index (χ2n) is 5.52. The summed E-state index contributed by atoms with van der Waals surface area (Å²) in [5.74, 6) is -0.920. The summed E-state index contributed by atoms with van der Waals surface area (Å²) in [4.78, 5) is 23.1. The minimum absolute atomic E-state index is 0.329. The molecule has 0 bridgehead atoms. The second kappa shape index (κ2) is 7.22. The second-order valence-corrected chi connectivity index (χ2v) is 5.52. The summed E-state index contributed by atoms with van der Waals surface area (Å²) in [7, 11) is 0. The Bertz CT molecular complexity index is 484. The number of carboxylic acids is 1. The highest BCUT2D eigenvalue weighted by Crippen LogP contribution is 2.33. The van der Waals surface area contributed by atoms with Crippen LogP contribution in [0.15, 0.2) is 30.3 Å². The van der Waals surface area contributed by atoms with E-state index in [1.807, 2.05) is 30.3 Å². The average molecular weight is 291 g/mol. The van der Waals surface area contributed by atoms with E-state index in [2.05, 4.69) is 5.32 Å². The molecule has 2 rings (SSSR count). The highest BCUT2D eigenvalue weighted by atomic mass is 16.5. The van der Waals surface area contributed by atoms with E-state index in [0.717, 1.165) is 18.4 Å². The van der Waals surface area contributed by atoms with E-state index in [1.165, 1.54) is 0 Å². The molecule has 1 amide bonds. The zero-order chi connectivity index (χ0) is 15.2. The van der Waals surface area contributed by atoms with Crippen LogP contribution in [-0.2, 0) is 20.9 Å². The largest absolute Gasteiger partial charge is 0.480 e. The molecule has 1 aliphatic carbocycles. The average Bonchev–Trinajstić information content (AvgIpc) is 3.29. The van der Waals surface area contributed by atoms with Gasteiger partial charge in [0.25, 0.3) is 0 Å². The summed E-state index contributed by atoms with van der Waals surface area (Å²) in [5, 5.41) is 11.7. The first-order valence-corrected chi connectivity index (χ1v) is 7.25. The molecule has 5 heteroatoms. The molecule has 1 aromatic rings. The van der Waals surface area contributed by atoms with Crippen LogP contribution in [0.25, 0.3) is 0 Å². The zero-order valence-corrected chi connectivity index (χ0v) is 12.1. The maximum Gasteiger partial charge on any atom is 0.326 e. The van der Waals surface area contributed by atoms with Crippen molar-refractivity contribution in [2.75, 3.05) is 0 Å². The fourth-order valence-electron chi connectivity index (χ4n) is 2.07. The van der Waals surface area contributed by atoms with E-state index in [1.54, 1.807) is 6.92 Å². The number of carboxylic acid groups (broad SMARTS) is 1. The highest BCUT2D eigenvalue weighted by molar-refractivity contribution is 5.86. The number of benzene rings is 1. The number of ether oxygens (including phenoxy) is 1. The maximum atomic E-state index is 12.0. The molecular weight excluding hydrogens is 270 g/mol. The molecule has 2 atom stereocenters. The lowest BCUT2D eigenvalue weighted by Gasteiger charge is -2.18. The first-order chi connectivity index (χ1) is 10.1. The van der Waals surface area contributed by atoms with Crippen molar-refractivity contribution in [2.45, 2.75) is 44.9 Å². The van der Waals surface area contributed by atoms with Crippen LogP contribution in [0.5, 0.6) is 0 Å². The number of carbonyl (C=O) groups is 2. The standard InChI is InChI=1S/C16H21NO4/c1-11(21-10-13-5-3-2-4-6-13)15(18)17-14(16(19)20)9-12-7-8-12/h2-6,11-12,14H,7-10H2,1H3,(H,17,18)(H,19,20). The molecule has 0 aliphatic heterocycles. The molecule has 0 heterocycles. The molecule has 1 aromatic carbocycles. The molecule has 2 N–H and O–H groups in total. The molecule has 0 saturated heterocycles. The molecule has 1 aliphatic rings. The lowest BCUT2D eigenvalue weighted by atomic mass is 10.1. The number of nitrogens with one attached hydrogen (secondary N) is 1. The monoisotopic (exact) mass is 291 g/mol. The fraction of sp³-hybridized carbons (Fsp3) is 0.500. The van der Waals surface area contributed by atoms with Crippen LogP contribution in [-0.4, -0.2) is 29.1 Å². The molecule has 1 saturated carbocycles. The van der Waals surface area contributed by atoms with Gasteiger partial charge in [-0.25, -0.2) is 4.79 Å². The van der Waals surface area contributed by atoms with Crippen LogP contribution in [0.2, 0.25) is 0 Å². The van der Waals surface area contributed by atoms with Gasteiger partial charge in [0.1, 0.15) is 12.1 Å². The Morgan fingerprint density at radius 2 is 2.00 bits per heavy atom. The Kier molecular flexibility index (Phi) is 5.33. The molecule has 2 unspecified atom stereocenters. The van der Waals surface area contributed by atoms with Gasteiger partial charge >= 0.3 is 5.97 Å². The third-order valence-corrected chi connectivity index (χ3v) is 3.59. The molecule has 5 nitrogen and oxygen atoms in total. The highest BCUT2D eigenvalue weighted by Gasteiger charge is 2.31. The number of amides is 1. The Labute approximate surface area is 124 Å². The predicted octanol–water partition coefficient (Wildman–Crippen LogP) is 1.96. The van der Waals surface area contributed by atoms with E-state index >= 15 is 0 Å². The van der Waals surface area contributed by atoms with Gasteiger partial charge in [-0.2, -0.15) is 0 Å². The van der Waals surface area contributed by atoms with Crippen LogP contribution in [0, 0.1) is 5.92 Å². The SMILES string of the molecule is CC(OCc1ccccc1)C(=O)NC(CC1CC1)C(=O)O. The van der Waals surface area contributed by atoms with E-state index in [0.29, 0.717) is 18.9 Å². The zero-order valence-electron chi connectivity index (χ0n) is 12.1. The van der Waals surface area contributed by atoms with Crippen molar-refractivity contribution in [1.29, 1.82) is 0 Å². The van der Waals surface area contributed by atoms with Crippen LogP contribution < -0.4 is 5.32 Å². The number of hydrogen-bond acceptors (Lipinski definition) is 3. The summed E-state index contributed by atoms with van der Waals surface area (Å²) in [5.41, 5.74) is 0.977. The summed E-state index contributed by atoms with van der Waals surface area (Å²) in [6.45, 7) is 1.96. The van der Waals surface area contributed by atoms with Gasteiger partial charge in [-0.05, 0) is 24.8 Å². The Morgan fingerprint density at radius 1 is 1.33 bits per heavy atom. The predicted molar refractivity (Wildman–Crippen MR) is 77.6 cm³/mol. The van der Waals surface area contributed by atoms with Gasteiger partial charge in [-0.15, -0.1) is 0 Å². The van der Waals surface area contributed by atoms with Gasteiger partial charge in [0, 0.05) is 0 Å². The molecule has 0 spiro atoms. The molecule has 114 valence electrons. The number of aliphatic carboxylic acids is 1. The maximum absolute atomic E-state index is 12.0. The van der Waals surface area contributed by atoms with Gasteiger partial charge < -0.3 is 15.2 Å². The smallest absolute Gasteiger partial charge is 0.326 e. The third-order valence-electron chi connectivity index (χ3n) is 3.59. The molecule has 21 heavy (non-hydrogen) atoms. The van der Waals surface area contributed by atoms with Crippen molar-refractivity contribution in [2.24, 2.45) is 5.92 Å². The minimum Gasteiger partial charge on any atom is -0.480 e. The van der Waals surface area contributed by atoms with Gasteiger partial charge in [0.05, 0.1) is 6.61 Å². The lowest BCUT2D eigenvalue weighted by Crippen LogP contribution is -2.45. The van der Waals surface area contributed by atoms with Crippen molar-refractivity contribution in [3.05, 3.63) is 35.9 Å². The normalized spacial score (nSPS) is 17.0. The first kappa shape index (κ1) is 15.5. The van der Waals surface area contributed by atoms with E-state index < -0.39 is 18.1 Å².